The fraction of sp³-hybridized carbons (Fsp3) is 0.467. The van der Waals surface area contributed by atoms with E-state index in [2.05, 4.69) is 25.0 Å². The van der Waals surface area contributed by atoms with E-state index in [-0.39, 0.29) is 11.2 Å². The van der Waals surface area contributed by atoms with Crippen LogP contribution in [0.4, 0.5) is 0 Å². The van der Waals surface area contributed by atoms with Crippen molar-refractivity contribution in [3.63, 3.8) is 0 Å². The minimum absolute atomic E-state index is 0.344. The fourth-order valence-electron chi connectivity index (χ4n) is 1.98. The Hall–Kier alpha value is -1.30. The minimum Gasteiger partial charge on any atom is -0.369 e. The Kier molecular flexibility index (Phi) is 3.24. The van der Waals surface area contributed by atoms with Gasteiger partial charge in [-0.2, -0.15) is 0 Å². The molecule has 1 saturated heterocycles. The van der Waals surface area contributed by atoms with Crippen LogP contribution in [-0.4, -0.2) is 18.8 Å². The van der Waals surface area contributed by atoms with Crippen LogP contribution in [0.2, 0.25) is 0 Å². The molecule has 1 aromatic carbocycles. The first-order valence-corrected chi connectivity index (χ1v) is 5.85. The van der Waals surface area contributed by atoms with Gasteiger partial charge in [0.05, 0.1) is 18.8 Å². The van der Waals surface area contributed by atoms with Crippen molar-refractivity contribution in [3.05, 3.63) is 35.9 Å². The van der Waals surface area contributed by atoms with Crippen LogP contribution in [-0.2, 0) is 15.1 Å². The highest BCUT2D eigenvalue weighted by molar-refractivity contribution is 5.22. The van der Waals surface area contributed by atoms with Crippen molar-refractivity contribution in [1.29, 1.82) is 0 Å². The highest BCUT2D eigenvalue weighted by Gasteiger charge is 2.39. The summed E-state index contributed by atoms with van der Waals surface area (Å²) in [6.07, 6.45) is 5.92. The molecule has 2 unspecified atom stereocenters. The molecule has 1 aliphatic rings. The molecule has 2 nitrogen and oxygen atoms in total. The third-order valence-electron chi connectivity index (χ3n) is 3.25. The van der Waals surface area contributed by atoms with Gasteiger partial charge in [-0.1, -0.05) is 30.3 Å². The van der Waals surface area contributed by atoms with Crippen LogP contribution < -0.4 is 0 Å². The largest absolute Gasteiger partial charge is 0.369 e. The van der Waals surface area contributed by atoms with Gasteiger partial charge in [-0.15, -0.1) is 12.3 Å². The lowest BCUT2D eigenvalue weighted by atomic mass is 9.93. The molecule has 0 spiro atoms. The van der Waals surface area contributed by atoms with Gasteiger partial charge < -0.3 is 9.47 Å². The molecule has 0 saturated carbocycles. The molecule has 1 aromatic rings. The Morgan fingerprint density at radius 1 is 1.18 bits per heavy atom. The smallest absolute Gasteiger partial charge is 0.114 e. The molecule has 17 heavy (non-hydrogen) atoms. The maximum absolute atomic E-state index is 6.00. The van der Waals surface area contributed by atoms with Crippen molar-refractivity contribution in [2.45, 2.75) is 31.5 Å². The molecular formula is C15H18O2. The number of terminal acetylenes is 1. The third-order valence-corrected chi connectivity index (χ3v) is 3.25. The topological polar surface area (TPSA) is 18.5 Å². The summed E-state index contributed by atoms with van der Waals surface area (Å²) in [5.41, 5.74) is 0.432. The average molecular weight is 230 g/mol. The Morgan fingerprint density at radius 3 is 2.41 bits per heavy atom. The Labute approximate surface area is 103 Å². The molecule has 1 aliphatic heterocycles. The molecule has 1 heterocycles. The Balaban J connectivity index is 2.11. The predicted molar refractivity (Wildman–Crippen MR) is 67.6 cm³/mol. The monoisotopic (exact) mass is 230 g/mol. The van der Waals surface area contributed by atoms with Gasteiger partial charge in [0.2, 0.25) is 0 Å². The quantitative estimate of drug-likeness (QED) is 0.727. The van der Waals surface area contributed by atoms with E-state index in [0.717, 1.165) is 5.56 Å². The summed E-state index contributed by atoms with van der Waals surface area (Å²) in [4.78, 5) is 0. The van der Waals surface area contributed by atoms with E-state index in [1.54, 1.807) is 0 Å². The van der Waals surface area contributed by atoms with Crippen molar-refractivity contribution in [2.75, 3.05) is 13.2 Å². The molecule has 0 N–H and O–H groups in total. The molecule has 0 radical (unpaired) electrons. The molecule has 2 atom stereocenters. The molecule has 0 aliphatic carbocycles. The van der Waals surface area contributed by atoms with Gasteiger partial charge in [-0.05, 0) is 19.4 Å². The lowest BCUT2D eigenvalue weighted by Crippen LogP contribution is -2.48. The van der Waals surface area contributed by atoms with Gasteiger partial charge in [0, 0.05) is 6.42 Å². The van der Waals surface area contributed by atoms with Gasteiger partial charge in [-0.3, -0.25) is 0 Å². The van der Waals surface area contributed by atoms with Crippen LogP contribution in [0.3, 0.4) is 0 Å². The van der Waals surface area contributed by atoms with E-state index in [1.165, 1.54) is 0 Å². The molecule has 2 rings (SSSR count). The van der Waals surface area contributed by atoms with Crippen molar-refractivity contribution in [1.82, 2.24) is 0 Å². The lowest BCUT2D eigenvalue weighted by molar-refractivity contribution is -0.226. The first kappa shape index (κ1) is 12.2. The average Bonchev–Trinajstić information content (AvgIpc) is 2.35. The van der Waals surface area contributed by atoms with Crippen molar-refractivity contribution in [2.24, 2.45) is 0 Å². The zero-order chi connectivity index (χ0) is 12.4. The van der Waals surface area contributed by atoms with E-state index in [9.17, 15) is 0 Å². The zero-order valence-corrected chi connectivity index (χ0v) is 10.4. The van der Waals surface area contributed by atoms with E-state index < -0.39 is 0 Å². The summed E-state index contributed by atoms with van der Waals surface area (Å²) in [6, 6.07) is 10.2. The highest BCUT2D eigenvalue weighted by Crippen LogP contribution is 2.34. The summed E-state index contributed by atoms with van der Waals surface area (Å²) in [7, 11) is 0. The van der Waals surface area contributed by atoms with Gasteiger partial charge in [0.1, 0.15) is 5.60 Å². The molecule has 2 heteroatoms. The van der Waals surface area contributed by atoms with Crippen LogP contribution in [0.5, 0.6) is 0 Å². The van der Waals surface area contributed by atoms with Gasteiger partial charge in [0.15, 0.2) is 0 Å². The second-order valence-electron chi connectivity index (χ2n) is 5.01. The highest BCUT2D eigenvalue weighted by atomic mass is 16.6. The summed E-state index contributed by atoms with van der Waals surface area (Å²) < 4.78 is 11.9. The molecule has 90 valence electrons. The van der Waals surface area contributed by atoms with E-state index in [1.807, 2.05) is 25.1 Å². The zero-order valence-electron chi connectivity index (χ0n) is 10.4. The maximum Gasteiger partial charge on any atom is 0.114 e. The minimum atomic E-state index is -0.366. The fourth-order valence-corrected chi connectivity index (χ4v) is 1.98. The van der Waals surface area contributed by atoms with Crippen LogP contribution >= 0.6 is 0 Å². The van der Waals surface area contributed by atoms with E-state index in [4.69, 9.17) is 15.9 Å². The number of hydrogen-bond acceptors (Lipinski definition) is 2. The third kappa shape index (κ3) is 2.52. The van der Waals surface area contributed by atoms with Gasteiger partial charge >= 0.3 is 0 Å². The number of benzene rings is 1. The molecule has 0 amide bonds. The van der Waals surface area contributed by atoms with Gasteiger partial charge in [-0.25, -0.2) is 0 Å². The van der Waals surface area contributed by atoms with Crippen LogP contribution in [0.15, 0.2) is 30.3 Å². The summed E-state index contributed by atoms with van der Waals surface area (Å²) >= 11 is 0. The molecule has 0 aromatic heterocycles. The second-order valence-corrected chi connectivity index (χ2v) is 5.01. The molecule has 0 bridgehead atoms. The van der Waals surface area contributed by atoms with Crippen molar-refractivity contribution < 1.29 is 9.47 Å². The first-order chi connectivity index (χ1) is 8.08. The SMILES string of the molecule is C#CCC1(C)COC(C)(c2ccccc2)CO1. The summed E-state index contributed by atoms with van der Waals surface area (Å²) in [6.45, 7) is 5.12. The lowest BCUT2D eigenvalue weighted by Gasteiger charge is -2.42. The molecule has 1 fully saturated rings. The maximum atomic E-state index is 6.00. The van der Waals surface area contributed by atoms with Crippen LogP contribution in [0.25, 0.3) is 0 Å². The predicted octanol–water partition coefficient (Wildman–Crippen LogP) is 2.73. The molecular weight excluding hydrogens is 212 g/mol. The van der Waals surface area contributed by atoms with Gasteiger partial charge in [0.25, 0.3) is 0 Å². The normalized spacial score (nSPS) is 33.0. The van der Waals surface area contributed by atoms with E-state index in [0.29, 0.717) is 19.6 Å². The standard InChI is InChI=1S/C15H18O2/c1-4-10-14(2)11-17-15(3,12-16-14)13-8-6-5-7-9-13/h1,5-9H,10-12H2,2-3H3. The number of ether oxygens (including phenoxy) is 2. The Morgan fingerprint density at radius 2 is 1.88 bits per heavy atom. The van der Waals surface area contributed by atoms with Crippen molar-refractivity contribution in [3.8, 4) is 12.3 Å². The Bertz CT molecular complexity index is 408. The summed E-state index contributed by atoms with van der Waals surface area (Å²) in [5.74, 6) is 2.64. The summed E-state index contributed by atoms with van der Waals surface area (Å²) in [5, 5.41) is 0. The number of rotatable bonds is 2. The van der Waals surface area contributed by atoms with Crippen LogP contribution in [0, 0.1) is 12.3 Å². The van der Waals surface area contributed by atoms with Crippen molar-refractivity contribution >= 4 is 0 Å². The first-order valence-electron chi connectivity index (χ1n) is 5.85. The number of hydrogen-bond donors (Lipinski definition) is 0. The second kappa shape index (κ2) is 4.52. The van der Waals surface area contributed by atoms with E-state index >= 15 is 0 Å². The van der Waals surface area contributed by atoms with Crippen LogP contribution in [0.1, 0.15) is 25.8 Å².